The Kier molecular flexibility index (Phi) is 17.0. The van der Waals surface area contributed by atoms with E-state index in [0.29, 0.717) is 35.7 Å². The Morgan fingerprint density at radius 2 is 1.21 bits per heavy atom. The molecular weight excluding hydrogens is 412 g/mol. The zero-order valence-electron chi connectivity index (χ0n) is 22.6. The predicted molar refractivity (Wildman–Crippen MR) is 139 cm³/mol. The van der Waals surface area contributed by atoms with Gasteiger partial charge in [0.1, 0.15) is 0 Å². The van der Waals surface area contributed by atoms with Crippen LogP contribution in [0.25, 0.3) is 0 Å². The molecule has 0 radical (unpaired) electrons. The van der Waals surface area contributed by atoms with E-state index in [1.807, 2.05) is 0 Å². The summed E-state index contributed by atoms with van der Waals surface area (Å²) < 4.78 is 10.4. The molecule has 0 saturated carbocycles. The third kappa shape index (κ3) is 13.7. The second-order valence-corrected chi connectivity index (χ2v) is 10.3. The second kappa shape index (κ2) is 17.8. The first kappa shape index (κ1) is 31.4. The lowest BCUT2D eigenvalue weighted by Gasteiger charge is -2.42. The van der Waals surface area contributed by atoms with Gasteiger partial charge in [0.15, 0.2) is 0 Å². The number of unbranched alkanes of at least 4 members (excludes halogenated alkanes) is 6. The quantitative estimate of drug-likeness (QED) is 0.103. The van der Waals surface area contributed by atoms with Crippen molar-refractivity contribution in [2.75, 3.05) is 13.2 Å². The largest absolute Gasteiger partial charge is 0.462 e. The van der Waals surface area contributed by atoms with Gasteiger partial charge in [0.05, 0.1) is 13.2 Å². The van der Waals surface area contributed by atoms with Crippen LogP contribution in [0.5, 0.6) is 0 Å². The summed E-state index contributed by atoms with van der Waals surface area (Å²) in [4.78, 5) is 22.9. The van der Waals surface area contributed by atoms with E-state index >= 15 is 0 Å². The molecule has 0 aliphatic heterocycles. The van der Waals surface area contributed by atoms with Crippen molar-refractivity contribution >= 4 is 11.9 Å². The smallest absolute Gasteiger partial charge is 0.333 e. The van der Waals surface area contributed by atoms with Crippen molar-refractivity contribution in [3.63, 3.8) is 0 Å². The standard InChI is InChI=1S/C29H52O4/c1-9-18-26(19-14-10-12-16-21-32-27(30)23(2)3)29(8,25(6)7)20-15-11-13-17-22-33-28(31)24(4)5/h25-26H,2,4,9-22H2,1,3,5-8H3. The Morgan fingerprint density at radius 3 is 1.64 bits per heavy atom. The van der Waals surface area contributed by atoms with E-state index in [2.05, 4.69) is 40.9 Å². The van der Waals surface area contributed by atoms with Crippen molar-refractivity contribution in [1.82, 2.24) is 0 Å². The summed E-state index contributed by atoms with van der Waals surface area (Å²) in [5, 5.41) is 0. The van der Waals surface area contributed by atoms with Crippen LogP contribution in [0.3, 0.4) is 0 Å². The second-order valence-electron chi connectivity index (χ2n) is 10.3. The van der Waals surface area contributed by atoms with Crippen LogP contribution in [0.2, 0.25) is 0 Å². The molecule has 2 atom stereocenters. The number of carbonyl (C=O) groups excluding carboxylic acids is 2. The number of ether oxygens (including phenoxy) is 2. The Balaban J connectivity index is 4.36. The van der Waals surface area contributed by atoms with E-state index in [1.165, 1.54) is 51.4 Å². The van der Waals surface area contributed by atoms with Crippen molar-refractivity contribution in [2.45, 2.75) is 119 Å². The highest BCUT2D eigenvalue weighted by Gasteiger charge is 2.35. The Hall–Kier alpha value is -1.58. The maximum absolute atomic E-state index is 11.4. The number of rotatable bonds is 20. The molecule has 0 bridgehead atoms. The molecule has 0 fully saturated rings. The zero-order valence-corrected chi connectivity index (χ0v) is 22.6. The third-order valence-electron chi connectivity index (χ3n) is 7.11. The van der Waals surface area contributed by atoms with Crippen LogP contribution in [0.1, 0.15) is 119 Å². The minimum atomic E-state index is -0.280. The minimum absolute atomic E-state index is 0.279. The highest BCUT2D eigenvalue weighted by atomic mass is 16.5. The van der Waals surface area contributed by atoms with Gasteiger partial charge in [0.2, 0.25) is 0 Å². The van der Waals surface area contributed by atoms with E-state index in [4.69, 9.17) is 9.47 Å². The molecule has 0 spiro atoms. The maximum atomic E-state index is 11.4. The average Bonchev–Trinajstić information content (AvgIpc) is 2.75. The molecule has 0 heterocycles. The van der Waals surface area contributed by atoms with Gasteiger partial charge in [-0.2, -0.15) is 0 Å². The first-order chi connectivity index (χ1) is 15.6. The first-order valence-electron chi connectivity index (χ1n) is 13.2. The molecule has 192 valence electrons. The van der Waals surface area contributed by atoms with Gasteiger partial charge in [-0.1, -0.05) is 92.2 Å². The number of esters is 2. The lowest BCUT2D eigenvalue weighted by atomic mass is 9.63. The third-order valence-corrected chi connectivity index (χ3v) is 7.11. The summed E-state index contributed by atoms with van der Waals surface area (Å²) in [7, 11) is 0. The van der Waals surface area contributed by atoms with E-state index in [9.17, 15) is 9.59 Å². The van der Waals surface area contributed by atoms with E-state index in [0.717, 1.165) is 31.6 Å². The highest BCUT2D eigenvalue weighted by molar-refractivity contribution is 5.87. The monoisotopic (exact) mass is 464 g/mol. The van der Waals surface area contributed by atoms with Crippen LogP contribution in [-0.2, 0) is 19.1 Å². The Bertz CT molecular complexity index is 592. The summed E-state index contributed by atoms with van der Waals surface area (Å²) in [5.74, 6) is 0.851. The topological polar surface area (TPSA) is 52.6 Å². The number of hydrogen-bond acceptors (Lipinski definition) is 4. The predicted octanol–water partition coefficient (Wildman–Crippen LogP) is 8.20. The normalized spacial score (nSPS) is 13.9. The lowest BCUT2D eigenvalue weighted by Crippen LogP contribution is -2.33. The van der Waals surface area contributed by atoms with Gasteiger partial charge in [-0.15, -0.1) is 0 Å². The molecule has 0 aromatic carbocycles. The molecule has 0 N–H and O–H groups in total. The molecule has 33 heavy (non-hydrogen) atoms. The van der Waals surface area contributed by atoms with Crippen LogP contribution < -0.4 is 0 Å². The van der Waals surface area contributed by atoms with Gasteiger partial charge in [0, 0.05) is 11.1 Å². The fraction of sp³-hybridized carbons (Fsp3) is 0.793. The fourth-order valence-corrected chi connectivity index (χ4v) is 4.50. The molecule has 4 nitrogen and oxygen atoms in total. The van der Waals surface area contributed by atoms with E-state index in [1.54, 1.807) is 13.8 Å². The van der Waals surface area contributed by atoms with Crippen molar-refractivity contribution in [2.24, 2.45) is 17.3 Å². The van der Waals surface area contributed by atoms with Gasteiger partial charge in [-0.3, -0.25) is 0 Å². The summed E-state index contributed by atoms with van der Waals surface area (Å²) >= 11 is 0. The van der Waals surface area contributed by atoms with Gasteiger partial charge < -0.3 is 9.47 Å². The molecular formula is C29H52O4. The van der Waals surface area contributed by atoms with Crippen molar-refractivity contribution in [1.29, 1.82) is 0 Å². The van der Waals surface area contributed by atoms with Gasteiger partial charge >= 0.3 is 11.9 Å². The summed E-state index contributed by atoms with van der Waals surface area (Å²) in [5.41, 5.74) is 1.30. The molecule has 0 aliphatic carbocycles. The molecule has 0 aromatic heterocycles. The zero-order chi connectivity index (χ0) is 25.3. The van der Waals surface area contributed by atoms with Crippen LogP contribution in [0.15, 0.2) is 24.3 Å². The molecule has 0 aliphatic rings. The van der Waals surface area contributed by atoms with Gasteiger partial charge in [0.25, 0.3) is 0 Å². The Morgan fingerprint density at radius 1 is 0.758 bits per heavy atom. The fourth-order valence-electron chi connectivity index (χ4n) is 4.50. The molecule has 0 amide bonds. The van der Waals surface area contributed by atoms with E-state index in [-0.39, 0.29) is 11.9 Å². The first-order valence-corrected chi connectivity index (χ1v) is 13.2. The van der Waals surface area contributed by atoms with Crippen molar-refractivity contribution < 1.29 is 19.1 Å². The van der Waals surface area contributed by atoms with Crippen LogP contribution >= 0.6 is 0 Å². The molecule has 2 unspecified atom stereocenters. The average molecular weight is 465 g/mol. The van der Waals surface area contributed by atoms with Crippen LogP contribution in [0.4, 0.5) is 0 Å². The number of carbonyl (C=O) groups is 2. The van der Waals surface area contributed by atoms with Crippen molar-refractivity contribution in [3.8, 4) is 0 Å². The van der Waals surface area contributed by atoms with E-state index < -0.39 is 0 Å². The summed E-state index contributed by atoms with van der Waals surface area (Å²) in [6.45, 7) is 21.2. The molecule has 0 rings (SSSR count). The lowest BCUT2D eigenvalue weighted by molar-refractivity contribution is -0.139. The SMILES string of the molecule is C=C(C)C(=O)OCCCCCCC(CCC)C(C)(CCCCCCOC(=O)C(=C)C)C(C)C. The minimum Gasteiger partial charge on any atom is -0.462 e. The van der Waals surface area contributed by atoms with Crippen LogP contribution in [0, 0.1) is 17.3 Å². The van der Waals surface area contributed by atoms with Gasteiger partial charge in [-0.05, 0) is 56.8 Å². The Labute approximate surface area is 204 Å². The highest BCUT2D eigenvalue weighted by Crippen LogP contribution is 2.45. The van der Waals surface area contributed by atoms with Crippen LogP contribution in [-0.4, -0.2) is 25.2 Å². The molecule has 4 heteroatoms. The summed E-state index contributed by atoms with van der Waals surface area (Å²) in [6.07, 6.45) is 14.0. The summed E-state index contributed by atoms with van der Waals surface area (Å²) in [6, 6.07) is 0. The maximum Gasteiger partial charge on any atom is 0.333 e. The molecule has 0 aromatic rings. The van der Waals surface area contributed by atoms with Crippen molar-refractivity contribution in [3.05, 3.63) is 24.3 Å². The molecule has 0 saturated heterocycles. The number of hydrogen-bond donors (Lipinski definition) is 0. The van der Waals surface area contributed by atoms with Gasteiger partial charge in [-0.25, -0.2) is 9.59 Å².